The smallest absolute Gasteiger partial charge is 0.166 e. The summed E-state index contributed by atoms with van der Waals surface area (Å²) in [5.74, 6) is -1.23. The summed E-state index contributed by atoms with van der Waals surface area (Å²) in [6.07, 6.45) is 0.968. The molecule has 0 fully saturated rings. The monoisotopic (exact) mass is 304 g/mol. The van der Waals surface area contributed by atoms with E-state index in [9.17, 15) is 14.0 Å². The zero-order valence-corrected chi connectivity index (χ0v) is 12.0. The van der Waals surface area contributed by atoms with Crippen molar-refractivity contribution in [3.05, 3.63) is 70.5 Å². The van der Waals surface area contributed by atoms with Crippen molar-refractivity contribution in [2.45, 2.75) is 18.8 Å². The fraction of sp³-hybridized carbons (Fsp3) is 0.176. The molecule has 21 heavy (non-hydrogen) atoms. The van der Waals surface area contributed by atoms with Gasteiger partial charge in [-0.2, -0.15) is 0 Å². The Kier molecular flexibility index (Phi) is 5.23. The maximum absolute atomic E-state index is 13.6. The zero-order valence-electron chi connectivity index (χ0n) is 11.3. The van der Waals surface area contributed by atoms with Crippen molar-refractivity contribution in [2.24, 2.45) is 0 Å². The third-order valence-corrected chi connectivity index (χ3v) is 3.68. The Morgan fingerprint density at radius 2 is 1.81 bits per heavy atom. The molecule has 108 valence electrons. The minimum absolute atomic E-state index is 0.0421. The highest BCUT2D eigenvalue weighted by atomic mass is 35.5. The third kappa shape index (κ3) is 3.76. The fourth-order valence-corrected chi connectivity index (χ4v) is 2.55. The number of ketones is 1. The summed E-state index contributed by atoms with van der Waals surface area (Å²) >= 11 is 6.11. The Morgan fingerprint density at radius 3 is 2.48 bits per heavy atom. The molecule has 0 aliphatic rings. The molecule has 2 aromatic carbocycles. The van der Waals surface area contributed by atoms with Crippen molar-refractivity contribution in [1.82, 2.24) is 0 Å². The molecule has 2 aromatic rings. The van der Waals surface area contributed by atoms with E-state index in [0.717, 1.165) is 11.8 Å². The van der Waals surface area contributed by atoms with Crippen molar-refractivity contribution in [3.63, 3.8) is 0 Å². The summed E-state index contributed by atoms with van der Waals surface area (Å²) in [5.41, 5.74) is 0.774. The Balaban J connectivity index is 2.25. The lowest BCUT2D eigenvalue weighted by molar-refractivity contribution is -0.108. The molecule has 0 N–H and O–H groups in total. The van der Waals surface area contributed by atoms with Crippen LogP contribution in [0.5, 0.6) is 0 Å². The van der Waals surface area contributed by atoms with Crippen molar-refractivity contribution >= 4 is 23.7 Å². The molecule has 1 atom stereocenters. The van der Waals surface area contributed by atoms with Crippen LogP contribution in [0.4, 0.5) is 4.39 Å². The summed E-state index contributed by atoms with van der Waals surface area (Å²) in [6, 6.07) is 12.9. The predicted molar refractivity (Wildman–Crippen MR) is 80.2 cm³/mol. The molecule has 4 heteroatoms. The number of carbonyl (C=O) groups excluding carboxylic acids is 2. The van der Waals surface area contributed by atoms with E-state index in [1.165, 1.54) is 18.2 Å². The van der Waals surface area contributed by atoms with Gasteiger partial charge < -0.3 is 4.79 Å². The van der Waals surface area contributed by atoms with Gasteiger partial charge in [-0.25, -0.2) is 4.39 Å². The largest absolute Gasteiger partial charge is 0.303 e. The summed E-state index contributed by atoms with van der Waals surface area (Å²) in [6.45, 7) is 0. The summed E-state index contributed by atoms with van der Waals surface area (Å²) in [5, 5.41) is 0.505. The molecule has 2 rings (SSSR count). The fourth-order valence-electron chi connectivity index (χ4n) is 2.26. The van der Waals surface area contributed by atoms with Gasteiger partial charge in [-0.1, -0.05) is 41.9 Å². The van der Waals surface area contributed by atoms with Gasteiger partial charge >= 0.3 is 0 Å². The van der Waals surface area contributed by atoms with Crippen LogP contribution in [-0.4, -0.2) is 12.1 Å². The van der Waals surface area contributed by atoms with Crippen molar-refractivity contribution in [2.75, 3.05) is 0 Å². The van der Waals surface area contributed by atoms with Gasteiger partial charge in [0.05, 0.1) is 5.56 Å². The lowest BCUT2D eigenvalue weighted by Crippen LogP contribution is -2.10. The molecule has 0 bridgehead atoms. The molecule has 0 saturated carbocycles. The highest BCUT2D eigenvalue weighted by molar-refractivity contribution is 6.31. The van der Waals surface area contributed by atoms with E-state index in [1.807, 2.05) is 0 Å². The molecule has 0 spiro atoms. The van der Waals surface area contributed by atoms with Crippen LogP contribution in [0.1, 0.15) is 34.7 Å². The summed E-state index contributed by atoms with van der Waals surface area (Å²) in [7, 11) is 0. The molecular formula is C17H14ClFO2. The number of halogens is 2. The Labute approximate surface area is 127 Å². The van der Waals surface area contributed by atoms with Gasteiger partial charge in [0.2, 0.25) is 0 Å². The van der Waals surface area contributed by atoms with Gasteiger partial charge in [0.15, 0.2) is 5.78 Å². The second-order valence-corrected chi connectivity index (χ2v) is 5.14. The maximum Gasteiger partial charge on any atom is 0.166 e. The Bertz CT molecular complexity index is 655. The molecular weight excluding hydrogens is 291 g/mol. The first kappa shape index (κ1) is 15.4. The van der Waals surface area contributed by atoms with Crippen molar-refractivity contribution < 1.29 is 14.0 Å². The lowest BCUT2D eigenvalue weighted by Gasteiger charge is -2.15. The number of Topliss-reactive ketones (excluding diaryl/α,β-unsaturated/α-hetero) is 1. The third-order valence-electron chi connectivity index (χ3n) is 3.33. The highest BCUT2D eigenvalue weighted by Gasteiger charge is 2.20. The molecule has 0 radical (unpaired) electrons. The standard InChI is InChI=1S/C17H14ClFO2/c18-15-7-3-1-5-13(15)12(9-10-20)11-17(21)14-6-2-4-8-16(14)19/h1-8,10,12H,9,11H2/t12-/m0/s1. The Hall–Kier alpha value is -2.00. The van der Waals surface area contributed by atoms with E-state index in [-0.39, 0.29) is 30.1 Å². The average molecular weight is 305 g/mol. The molecule has 2 nitrogen and oxygen atoms in total. The van der Waals surface area contributed by atoms with Crippen LogP contribution in [-0.2, 0) is 4.79 Å². The quantitative estimate of drug-likeness (QED) is 0.584. The van der Waals surface area contributed by atoms with E-state index in [4.69, 9.17) is 11.6 Å². The van der Waals surface area contributed by atoms with E-state index in [0.29, 0.717) is 5.02 Å². The molecule has 0 saturated heterocycles. The summed E-state index contributed by atoms with van der Waals surface area (Å²) < 4.78 is 13.6. The van der Waals surface area contributed by atoms with Crippen LogP contribution in [0.2, 0.25) is 5.02 Å². The average Bonchev–Trinajstić information content (AvgIpc) is 2.47. The van der Waals surface area contributed by atoms with Gasteiger partial charge in [0, 0.05) is 17.9 Å². The van der Waals surface area contributed by atoms with Crippen LogP contribution in [0.25, 0.3) is 0 Å². The van der Waals surface area contributed by atoms with Gasteiger partial charge in [-0.15, -0.1) is 0 Å². The number of rotatable bonds is 6. The minimum atomic E-state index is -0.550. The second kappa shape index (κ2) is 7.14. The molecule has 0 unspecified atom stereocenters. The maximum atomic E-state index is 13.6. The predicted octanol–water partition coefficient (Wildman–Crippen LogP) is 4.42. The SMILES string of the molecule is O=CC[C@@H](CC(=O)c1ccccc1F)c1ccccc1Cl. The van der Waals surface area contributed by atoms with E-state index < -0.39 is 5.82 Å². The van der Waals surface area contributed by atoms with Crippen LogP contribution >= 0.6 is 11.6 Å². The van der Waals surface area contributed by atoms with E-state index in [1.54, 1.807) is 30.3 Å². The van der Waals surface area contributed by atoms with Crippen LogP contribution in [0.3, 0.4) is 0 Å². The molecule has 0 aromatic heterocycles. The number of carbonyl (C=O) groups is 2. The first-order valence-electron chi connectivity index (χ1n) is 6.59. The number of aldehydes is 1. The van der Waals surface area contributed by atoms with Crippen LogP contribution in [0, 0.1) is 5.82 Å². The molecule has 0 heterocycles. The van der Waals surface area contributed by atoms with Gasteiger partial charge in [0.25, 0.3) is 0 Å². The first-order valence-corrected chi connectivity index (χ1v) is 6.97. The van der Waals surface area contributed by atoms with Crippen LogP contribution < -0.4 is 0 Å². The van der Waals surface area contributed by atoms with E-state index in [2.05, 4.69) is 0 Å². The van der Waals surface area contributed by atoms with Crippen LogP contribution in [0.15, 0.2) is 48.5 Å². The Morgan fingerprint density at radius 1 is 1.14 bits per heavy atom. The molecule has 0 aliphatic heterocycles. The van der Waals surface area contributed by atoms with Crippen molar-refractivity contribution in [1.29, 1.82) is 0 Å². The number of benzene rings is 2. The topological polar surface area (TPSA) is 34.1 Å². The number of hydrogen-bond donors (Lipinski definition) is 0. The second-order valence-electron chi connectivity index (χ2n) is 4.73. The number of hydrogen-bond acceptors (Lipinski definition) is 2. The summed E-state index contributed by atoms with van der Waals surface area (Å²) in [4.78, 5) is 23.1. The van der Waals surface area contributed by atoms with E-state index >= 15 is 0 Å². The molecule has 0 amide bonds. The normalized spacial score (nSPS) is 11.9. The first-order chi connectivity index (χ1) is 10.1. The van der Waals surface area contributed by atoms with Gasteiger partial charge in [-0.3, -0.25) is 4.79 Å². The van der Waals surface area contributed by atoms with Gasteiger partial charge in [-0.05, 0) is 29.7 Å². The highest BCUT2D eigenvalue weighted by Crippen LogP contribution is 2.30. The lowest BCUT2D eigenvalue weighted by atomic mass is 9.89. The zero-order chi connectivity index (χ0) is 15.2. The minimum Gasteiger partial charge on any atom is -0.303 e. The van der Waals surface area contributed by atoms with Crippen molar-refractivity contribution in [3.8, 4) is 0 Å². The van der Waals surface area contributed by atoms with Gasteiger partial charge in [0.1, 0.15) is 12.1 Å². The molecule has 0 aliphatic carbocycles.